The van der Waals surface area contributed by atoms with Crippen LogP contribution in [0.1, 0.15) is 37.8 Å². The summed E-state index contributed by atoms with van der Waals surface area (Å²) < 4.78 is 0. The minimum Gasteiger partial charge on any atom is -0.363 e. The SMILES string of the molecule is CC(NC(=O)NC1CCC1)c1ccc(N(C)C)nc1. The van der Waals surface area contributed by atoms with Crippen LogP contribution in [0.25, 0.3) is 0 Å². The molecule has 2 amide bonds. The van der Waals surface area contributed by atoms with Crippen LogP contribution < -0.4 is 15.5 Å². The zero-order valence-electron chi connectivity index (χ0n) is 11.8. The smallest absolute Gasteiger partial charge is 0.315 e. The zero-order chi connectivity index (χ0) is 13.8. The number of pyridine rings is 1. The molecule has 0 spiro atoms. The Bertz CT molecular complexity index is 426. The number of amides is 2. The van der Waals surface area contributed by atoms with Crippen molar-refractivity contribution in [2.75, 3.05) is 19.0 Å². The molecule has 1 aliphatic carbocycles. The summed E-state index contributed by atoms with van der Waals surface area (Å²) in [6.45, 7) is 1.96. The second-order valence-corrected chi connectivity index (χ2v) is 5.31. The summed E-state index contributed by atoms with van der Waals surface area (Å²) in [7, 11) is 3.91. The molecule has 5 nitrogen and oxygen atoms in total. The fraction of sp³-hybridized carbons (Fsp3) is 0.571. The van der Waals surface area contributed by atoms with E-state index < -0.39 is 0 Å². The van der Waals surface area contributed by atoms with Gasteiger partial charge >= 0.3 is 6.03 Å². The Labute approximate surface area is 114 Å². The van der Waals surface area contributed by atoms with E-state index in [0.29, 0.717) is 6.04 Å². The third-order valence-corrected chi connectivity index (χ3v) is 3.52. The minimum atomic E-state index is -0.0890. The van der Waals surface area contributed by atoms with E-state index in [2.05, 4.69) is 15.6 Å². The molecular weight excluding hydrogens is 240 g/mol. The van der Waals surface area contributed by atoms with Crippen molar-refractivity contribution in [1.29, 1.82) is 0 Å². The van der Waals surface area contributed by atoms with Crippen molar-refractivity contribution < 1.29 is 4.79 Å². The molecule has 0 aliphatic heterocycles. The van der Waals surface area contributed by atoms with Gasteiger partial charge in [0.2, 0.25) is 0 Å². The molecule has 1 unspecified atom stereocenters. The van der Waals surface area contributed by atoms with Crippen molar-refractivity contribution in [3.63, 3.8) is 0 Å². The van der Waals surface area contributed by atoms with E-state index in [9.17, 15) is 4.79 Å². The van der Waals surface area contributed by atoms with Gasteiger partial charge in [-0.1, -0.05) is 6.07 Å². The number of nitrogens with one attached hydrogen (secondary N) is 2. The van der Waals surface area contributed by atoms with Crippen LogP contribution in [-0.4, -0.2) is 31.2 Å². The van der Waals surface area contributed by atoms with Crippen LogP contribution >= 0.6 is 0 Å². The van der Waals surface area contributed by atoms with E-state index in [1.54, 1.807) is 0 Å². The molecule has 1 aromatic heterocycles. The van der Waals surface area contributed by atoms with Crippen molar-refractivity contribution in [2.45, 2.75) is 38.3 Å². The van der Waals surface area contributed by atoms with Gasteiger partial charge in [0.05, 0.1) is 6.04 Å². The van der Waals surface area contributed by atoms with Gasteiger partial charge < -0.3 is 15.5 Å². The highest BCUT2D eigenvalue weighted by Crippen LogP contribution is 2.18. The fourth-order valence-electron chi connectivity index (χ4n) is 1.98. The molecule has 1 aliphatic rings. The average molecular weight is 262 g/mol. The van der Waals surface area contributed by atoms with Gasteiger partial charge in [-0.15, -0.1) is 0 Å². The van der Waals surface area contributed by atoms with Gasteiger partial charge in [0.1, 0.15) is 5.82 Å². The molecule has 1 heterocycles. The maximum atomic E-state index is 11.8. The summed E-state index contributed by atoms with van der Waals surface area (Å²) >= 11 is 0. The van der Waals surface area contributed by atoms with Crippen LogP contribution in [0, 0.1) is 0 Å². The van der Waals surface area contributed by atoms with Crippen molar-refractivity contribution in [2.24, 2.45) is 0 Å². The molecule has 5 heteroatoms. The van der Waals surface area contributed by atoms with Gasteiger partial charge in [-0.2, -0.15) is 0 Å². The molecule has 1 fully saturated rings. The number of nitrogens with zero attached hydrogens (tertiary/aromatic N) is 2. The topological polar surface area (TPSA) is 57.3 Å². The molecule has 1 aromatic rings. The Morgan fingerprint density at radius 2 is 2.16 bits per heavy atom. The molecular formula is C14H22N4O. The summed E-state index contributed by atoms with van der Waals surface area (Å²) in [6.07, 6.45) is 5.22. The number of hydrogen-bond acceptors (Lipinski definition) is 3. The quantitative estimate of drug-likeness (QED) is 0.873. The highest BCUT2D eigenvalue weighted by atomic mass is 16.2. The Morgan fingerprint density at radius 1 is 1.42 bits per heavy atom. The molecule has 2 rings (SSSR count). The highest BCUT2D eigenvalue weighted by Gasteiger charge is 2.20. The Hall–Kier alpha value is -1.78. The summed E-state index contributed by atoms with van der Waals surface area (Å²) in [4.78, 5) is 18.1. The van der Waals surface area contributed by atoms with Crippen LogP contribution in [0.4, 0.5) is 10.6 Å². The van der Waals surface area contributed by atoms with E-state index in [4.69, 9.17) is 0 Å². The lowest BCUT2D eigenvalue weighted by Gasteiger charge is -2.27. The Kier molecular flexibility index (Phi) is 4.24. The first kappa shape index (κ1) is 13.6. The minimum absolute atomic E-state index is 0.0382. The first-order valence-electron chi connectivity index (χ1n) is 6.76. The number of rotatable bonds is 4. The van der Waals surface area contributed by atoms with Crippen LogP contribution in [0.2, 0.25) is 0 Å². The number of carbonyl (C=O) groups excluding carboxylic acids is 1. The normalized spacial score (nSPS) is 16.4. The van der Waals surface area contributed by atoms with Crippen molar-refractivity contribution in [3.05, 3.63) is 23.9 Å². The summed E-state index contributed by atoms with van der Waals surface area (Å²) in [5.74, 6) is 0.912. The van der Waals surface area contributed by atoms with Crippen molar-refractivity contribution in [3.8, 4) is 0 Å². The number of aromatic nitrogens is 1. The lowest BCUT2D eigenvalue weighted by atomic mass is 9.93. The summed E-state index contributed by atoms with van der Waals surface area (Å²) in [5.41, 5.74) is 1.01. The Balaban J connectivity index is 1.87. The van der Waals surface area contributed by atoms with Gasteiger partial charge in [-0.05, 0) is 37.8 Å². The third kappa shape index (κ3) is 3.59. The summed E-state index contributed by atoms with van der Waals surface area (Å²) in [6, 6.07) is 4.19. The standard InChI is InChI=1S/C14H22N4O/c1-10(16-14(19)17-12-5-4-6-12)11-7-8-13(15-9-11)18(2)3/h7-10,12H,4-6H2,1-3H3,(H2,16,17,19). The molecule has 0 saturated heterocycles. The second-order valence-electron chi connectivity index (χ2n) is 5.31. The molecule has 104 valence electrons. The number of hydrogen-bond donors (Lipinski definition) is 2. The third-order valence-electron chi connectivity index (χ3n) is 3.52. The summed E-state index contributed by atoms with van der Waals surface area (Å²) in [5, 5.41) is 5.91. The van der Waals surface area contributed by atoms with Crippen LogP contribution in [0.3, 0.4) is 0 Å². The molecule has 19 heavy (non-hydrogen) atoms. The van der Waals surface area contributed by atoms with Gasteiger partial charge in [-0.3, -0.25) is 0 Å². The van der Waals surface area contributed by atoms with Crippen molar-refractivity contribution in [1.82, 2.24) is 15.6 Å². The first-order valence-corrected chi connectivity index (χ1v) is 6.76. The van der Waals surface area contributed by atoms with Gasteiger partial charge in [0, 0.05) is 26.3 Å². The number of carbonyl (C=O) groups is 1. The molecule has 0 radical (unpaired) electrons. The second kappa shape index (κ2) is 5.91. The maximum absolute atomic E-state index is 11.8. The number of urea groups is 1. The monoisotopic (exact) mass is 262 g/mol. The number of anilines is 1. The molecule has 2 N–H and O–H groups in total. The molecule has 0 bridgehead atoms. The van der Waals surface area contributed by atoms with Crippen molar-refractivity contribution >= 4 is 11.8 Å². The van der Waals surface area contributed by atoms with Gasteiger partial charge in [0.15, 0.2) is 0 Å². The average Bonchev–Trinajstić information content (AvgIpc) is 2.34. The fourth-order valence-corrected chi connectivity index (χ4v) is 1.98. The lowest BCUT2D eigenvalue weighted by Crippen LogP contribution is -2.45. The zero-order valence-corrected chi connectivity index (χ0v) is 11.8. The predicted molar refractivity (Wildman–Crippen MR) is 76.3 cm³/mol. The Morgan fingerprint density at radius 3 is 2.63 bits per heavy atom. The van der Waals surface area contributed by atoms with Crippen LogP contribution in [0.5, 0.6) is 0 Å². The molecule has 1 saturated carbocycles. The van der Waals surface area contributed by atoms with E-state index in [1.807, 2.05) is 44.2 Å². The van der Waals surface area contributed by atoms with E-state index in [0.717, 1.165) is 24.2 Å². The first-order chi connectivity index (χ1) is 9.06. The molecule has 1 atom stereocenters. The van der Waals surface area contributed by atoms with Crippen LogP contribution in [0.15, 0.2) is 18.3 Å². The van der Waals surface area contributed by atoms with Gasteiger partial charge in [-0.25, -0.2) is 9.78 Å². The van der Waals surface area contributed by atoms with E-state index in [1.165, 1.54) is 6.42 Å². The predicted octanol–water partition coefficient (Wildman–Crippen LogP) is 2.06. The highest BCUT2D eigenvalue weighted by molar-refractivity contribution is 5.74. The lowest BCUT2D eigenvalue weighted by molar-refractivity contribution is 0.225. The maximum Gasteiger partial charge on any atom is 0.315 e. The van der Waals surface area contributed by atoms with Gasteiger partial charge in [0.25, 0.3) is 0 Å². The van der Waals surface area contributed by atoms with Crippen LogP contribution in [-0.2, 0) is 0 Å². The largest absolute Gasteiger partial charge is 0.363 e. The van der Waals surface area contributed by atoms with E-state index in [-0.39, 0.29) is 12.1 Å². The van der Waals surface area contributed by atoms with E-state index >= 15 is 0 Å². The molecule has 0 aromatic carbocycles.